The topological polar surface area (TPSA) is 29.1 Å². The van der Waals surface area contributed by atoms with Gasteiger partial charge >= 0.3 is 0 Å². The van der Waals surface area contributed by atoms with Crippen molar-refractivity contribution in [3.8, 4) is 11.1 Å². The molecule has 3 heteroatoms. The van der Waals surface area contributed by atoms with Crippen molar-refractivity contribution in [3.05, 3.63) is 89.7 Å². The minimum Gasteiger partial charge on any atom is -0.321 e. The number of hydrogen-bond donors (Lipinski definition) is 1. The Morgan fingerprint density at radius 2 is 1.61 bits per heavy atom. The van der Waals surface area contributed by atoms with E-state index >= 15 is 0 Å². The number of halogens is 1. The van der Waals surface area contributed by atoms with Crippen LogP contribution in [0.2, 0.25) is 0 Å². The Bertz CT molecular complexity index is 843. The number of carbonyl (C=O) groups is 1. The van der Waals surface area contributed by atoms with Gasteiger partial charge in [0, 0.05) is 16.8 Å². The van der Waals surface area contributed by atoms with Crippen LogP contribution in [-0.2, 0) is 0 Å². The summed E-state index contributed by atoms with van der Waals surface area (Å²) in [7, 11) is 0. The zero-order valence-electron chi connectivity index (χ0n) is 12.7. The number of benzene rings is 3. The number of amides is 1. The molecule has 0 atom stereocenters. The minimum atomic E-state index is -0.419. The van der Waals surface area contributed by atoms with Crippen molar-refractivity contribution in [2.75, 3.05) is 5.32 Å². The molecule has 2 nitrogen and oxygen atoms in total. The van der Waals surface area contributed by atoms with Crippen LogP contribution in [0.4, 0.5) is 10.1 Å². The van der Waals surface area contributed by atoms with Crippen molar-refractivity contribution in [3.63, 3.8) is 0 Å². The molecule has 3 aromatic carbocycles. The van der Waals surface area contributed by atoms with Crippen LogP contribution in [0.3, 0.4) is 0 Å². The largest absolute Gasteiger partial charge is 0.321 e. The summed E-state index contributed by atoms with van der Waals surface area (Å²) in [5.74, 6) is -0.734. The van der Waals surface area contributed by atoms with E-state index in [1.54, 1.807) is 13.0 Å². The molecule has 3 rings (SSSR count). The Labute approximate surface area is 134 Å². The molecule has 0 bridgehead atoms. The number of carbonyl (C=O) groups excluding carboxylic acids is 1. The summed E-state index contributed by atoms with van der Waals surface area (Å²) in [6, 6.07) is 21.6. The fraction of sp³-hybridized carbons (Fsp3) is 0.0500. The first-order valence-electron chi connectivity index (χ1n) is 7.37. The molecule has 0 aromatic heterocycles. The maximum absolute atomic E-state index is 13.4. The minimum absolute atomic E-state index is 0.314. The van der Waals surface area contributed by atoms with Gasteiger partial charge in [0.1, 0.15) is 5.82 Å². The third kappa shape index (κ3) is 3.29. The summed E-state index contributed by atoms with van der Waals surface area (Å²) >= 11 is 0. The number of aryl methyl sites for hydroxylation is 1. The average Bonchev–Trinajstić information content (AvgIpc) is 2.58. The molecule has 0 aliphatic carbocycles. The van der Waals surface area contributed by atoms with E-state index < -0.39 is 5.82 Å². The summed E-state index contributed by atoms with van der Waals surface area (Å²) in [5.41, 5.74) is 3.72. The lowest BCUT2D eigenvalue weighted by Crippen LogP contribution is -2.14. The number of anilines is 1. The third-order valence-corrected chi connectivity index (χ3v) is 3.70. The summed E-state index contributed by atoms with van der Waals surface area (Å²) in [6.45, 7) is 1.79. The Kier molecular flexibility index (Phi) is 4.20. The van der Waals surface area contributed by atoms with Crippen LogP contribution in [0, 0.1) is 12.7 Å². The lowest BCUT2D eigenvalue weighted by Gasteiger charge is -2.12. The first kappa shape index (κ1) is 15.0. The van der Waals surface area contributed by atoms with Crippen LogP contribution >= 0.6 is 0 Å². The molecule has 0 unspecified atom stereocenters. The second-order valence-corrected chi connectivity index (χ2v) is 5.32. The van der Waals surface area contributed by atoms with E-state index in [0.29, 0.717) is 11.3 Å². The lowest BCUT2D eigenvalue weighted by molar-refractivity contribution is 0.102. The average molecular weight is 305 g/mol. The van der Waals surface area contributed by atoms with Crippen LogP contribution in [0.1, 0.15) is 15.9 Å². The van der Waals surface area contributed by atoms with Gasteiger partial charge in [0.25, 0.3) is 5.91 Å². The Morgan fingerprint density at radius 1 is 0.913 bits per heavy atom. The lowest BCUT2D eigenvalue weighted by atomic mass is 10.0. The van der Waals surface area contributed by atoms with Gasteiger partial charge in [-0.05, 0) is 36.2 Å². The maximum atomic E-state index is 13.4. The fourth-order valence-electron chi connectivity index (χ4n) is 2.49. The molecule has 0 radical (unpaired) electrons. The van der Waals surface area contributed by atoms with E-state index in [1.807, 2.05) is 54.6 Å². The Balaban J connectivity index is 1.95. The number of para-hydroxylation sites is 1. The zero-order valence-corrected chi connectivity index (χ0v) is 12.7. The highest BCUT2D eigenvalue weighted by atomic mass is 19.1. The smallest absolute Gasteiger partial charge is 0.256 e. The van der Waals surface area contributed by atoms with Gasteiger partial charge in [0.15, 0.2) is 0 Å². The molecule has 0 saturated heterocycles. The number of hydrogen-bond acceptors (Lipinski definition) is 1. The summed E-state index contributed by atoms with van der Waals surface area (Å²) in [5, 5.41) is 2.89. The highest BCUT2D eigenvalue weighted by Crippen LogP contribution is 2.28. The van der Waals surface area contributed by atoms with Crippen molar-refractivity contribution in [1.82, 2.24) is 0 Å². The van der Waals surface area contributed by atoms with Gasteiger partial charge in [-0.15, -0.1) is 0 Å². The van der Waals surface area contributed by atoms with Gasteiger partial charge in [-0.1, -0.05) is 54.6 Å². The Morgan fingerprint density at radius 3 is 2.39 bits per heavy atom. The maximum Gasteiger partial charge on any atom is 0.256 e. The normalized spacial score (nSPS) is 10.3. The third-order valence-electron chi connectivity index (χ3n) is 3.70. The van der Waals surface area contributed by atoms with E-state index in [2.05, 4.69) is 5.32 Å². The van der Waals surface area contributed by atoms with E-state index in [4.69, 9.17) is 0 Å². The zero-order chi connectivity index (χ0) is 16.2. The summed E-state index contributed by atoms with van der Waals surface area (Å²) < 4.78 is 13.4. The molecule has 0 fully saturated rings. The molecule has 0 saturated carbocycles. The first-order chi connectivity index (χ1) is 11.1. The molecule has 0 aliphatic rings. The molecular weight excluding hydrogens is 289 g/mol. The SMILES string of the molecule is Cc1ccc(F)cc1C(=O)Nc1ccccc1-c1ccccc1. The van der Waals surface area contributed by atoms with E-state index in [1.165, 1.54) is 12.1 Å². The second-order valence-electron chi connectivity index (χ2n) is 5.32. The summed E-state index contributed by atoms with van der Waals surface area (Å²) in [4.78, 5) is 12.5. The van der Waals surface area contributed by atoms with E-state index in [9.17, 15) is 9.18 Å². The van der Waals surface area contributed by atoms with Crippen molar-refractivity contribution >= 4 is 11.6 Å². The van der Waals surface area contributed by atoms with E-state index in [0.717, 1.165) is 16.7 Å². The molecule has 23 heavy (non-hydrogen) atoms. The van der Waals surface area contributed by atoms with Gasteiger partial charge in [-0.2, -0.15) is 0 Å². The number of rotatable bonds is 3. The highest BCUT2D eigenvalue weighted by molar-refractivity contribution is 6.07. The predicted octanol–water partition coefficient (Wildman–Crippen LogP) is 5.05. The van der Waals surface area contributed by atoms with Crippen LogP contribution in [-0.4, -0.2) is 5.91 Å². The van der Waals surface area contributed by atoms with Gasteiger partial charge in [-0.25, -0.2) is 4.39 Å². The van der Waals surface area contributed by atoms with Gasteiger partial charge in [-0.3, -0.25) is 4.79 Å². The van der Waals surface area contributed by atoms with Gasteiger partial charge in [0.2, 0.25) is 0 Å². The van der Waals surface area contributed by atoms with Crippen LogP contribution in [0.15, 0.2) is 72.8 Å². The predicted molar refractivity (Wildman–Crippen MR) is 91.0 cm³/mol. The van der Waals surface area contributed by atoms with Crippen molar-refractivity contribution in [1.29, 1.82) is 0 Å². The number of nitrogens with one attached hydrogen (secondary N) is 1. The molecule has 1 amide bonds. The fourth-order valence-corrected chi connectivity index (χ4v) is 2.49. The van der Waals surface area contributed by atoms with Crippen LogP contribution < -0.4 is 5.32 Å². The molecule has 1 N–H and O–H groups in total. The molecule has 3 aromatic rings. The monoisotopic (exact) mass is 305 g/mol. The molecule has 0 spiro atoms. The van der Waals surface area contributed by atoms with Gasteiger partial charge in [0.05, 0.1) is 0 Å². The van der Waals surface area contributed by atoms with Crippen molar-refractivity contribution in [2.24, 2.45) is 0 Å². The standard InChI is InChI=1S/C20H16FNO/c1-14-11-12-16(21)13-18(14)20(23)22-19-10-6-5-9-17(19)15-7-3-2-4-8-15/h2-13H,1H3,(H,22,23). The first-order valence-corrected chi connectivity index (χ1v) is 7.37. The van der Waals surface area contributed by atoms with Crippen molar-refractivity contribution < 1.29 is 9.18 Å². The molecule has 0 aliphatic heterocycles. The quantitative estimate of drug-likeness (QED) is 0.720. The van der Waals surface area contributed by atoms with Crippen molar-refractivity contribution in [2.45, 2.75) is 6.92 Å². The Hall–Kier alpha value is -2.94. The highest BCUT2D eigenvalue weighted by Gasteiger charge is 2.13. The molecular formula is C20H16FNO. The van der Waals surface area contributed by atoms with Crippen LogP contribution in [0.5, 0.6) is 0 Å². The van der Waals surface area contributed by atoms with Gasteiger partial charge < -0.3 is 5.32 Å². The molecule has 0 heterocycles. The van der Waals surface area contributed by atoms with E-state index in [-0.39, 0.29) is 5.91 Å². The molecule has 114 valence electrons. The van der Waals surface area contributed by atoms with Crippen LogP contribution in [0.25, 0.3) is 11.1 Å². The summed E-state index contributed by atoms with van der Waals surface area (Å²) in [6.07, 6.45) is 0. The second kappa shape index (κ2) is 6.44.